The van der Waals surface area contributed by atoms with Crippen LogP contribution < -0.4 is 0 Å². The Kier molecular flexibility index (Phi) is 3.68. The van der Waals surface area contributed by atoms with Crippen LogP contribution in [0.15, 0.2) is 35.1 Å². The molecule has 1 fully saturated rings. The summed E-state index contributed by atoms with van der Waals surface area (Å²) in [5, 5.41) is 4.24. The minimum atomic E-state index is -0.255. The first-order valence-electron chi connectivity index (χ1n) is 7.94. The third-order valence-electron chi connectivity index (χ3n) is 4.21. The Labute approximate surface area is 142 Å². The number of fused-ring (bicyclic) bond motifs is 1. The molecule has 4 rings (SSSR count). The van der Waals surface area contributed by atoms with Crippen LogP contribution in [-0.2, 0) is 0 Å². The molecule has 0 atom stereocenters. The van der Waals surface area contributed by atoms with Crippen LogP contribution in [0.1, 0.15) is 26.9 Å². The van der Waals surface area contributed by atoms with Gasteiger partial charge in [0.1, 0.15) is 0 Å². The van der Waals surface area contributed by atoms with E-state index in [9.17, 15) is 9.59 Å². The van der Waals surface area contributed by atoms with Gasteiger partial charge in [0.05, 0.1) is 6.26 Å². The lowest BCUT2D eigenvalue weighted by atomic mass is 10.2. The van der Waals surface area contributed by atoms with Crippen molar-refractivity contribution < 1.29 is 14.0 Å². The molecule has 1 aliphatic rings. The summed E-state index contributed by atoms with van der Waals surface area (Å²) in [6.45, 7) is 3.60. The van der Waals surface area contributed by atoms with Crippen LogP contribution in [0, 0.1) is 6.92 Å². The number of hydrogen-bond acceptors (Lipinski definition) is 6. The van der Waals surface area contributed by atoms with Crippen molar-refractivity contribution in [3.8, 4) is 0 Å². The van der Waals surface area contributed by atoms with Crippen molar-refractivity contribution in [2.24, 2.45) is 0 Å². The fraction of sp³-hybridized carbons (Fsp3) is 0.312. The molecule has 9 heteroatoms. The standard InChI is InChI=1S/C16H16N6O3/c1-11-4-5-17-16-18-13(19-22(11)16)15(24)21-8-6-20(7-9-21)14(23)12-3-2-10-25-12/h2-5,10H,6-9H2,1H3. The van der Waals surface area contributed by atoms with Crippen LogP contribution in [0.4, 0.5) is 0 Å². The van der Waals surface area contributed by atoms with Crippen molar-refractivity contribution >= 4 is 17.6 Å². The van der Waals surface area contributed by atoms with E-state index >= 15 is 0 Å². The zero-order valence-electron chi connectivity index (χ0n) is 13.6. The van der Waals surface area contributed by atoms with Gasteiger partial charge in [-0.3, -0.25) is 9.59 Å². The Morgan fingerprint density at radius 1 is 1.08 bits per heavy atom. The summed E-state index contributed by atoms with van der Waals surface area (Å²) in [4.78, 5) is 36.5. The number of carbonyl (C=O) groups is 2. The van der Waals surface area contributed by atoms with Gasteiger partial charge in [-0.1, -0.05) is 0 Å². The Bertz CT molecular complexity index is 925. The highest BCUT2D eigenvalue weighted by Gasteiger charge is 2.28. The number of rotatable bonds is 2. The van der Waals surface area contributed by atoms with Crippen LogP contribution in [0.25, 0.3) is 5.78 Å². The lowest BCUT2D eigenvalue weighted by Gasteiger charge is -2.33. The summed E-state index contributed by atoms with van der Waals surface area (Å²) in [6.07, 6.45) is 3.10. The molecule has 0 unspecified atom stereocenters. The maximum atomic E-state index is 12.6. The first-order valence-corrected chi connectivity index (χ1v) is 7.94. The number of piperazine rings is 1. The van der Waals surface area contributed by atoms with Crippen LogP contribution >= 0.6 is 0 Å². The van der Waals surface area contributed by atoms with Crippen molar-refractivity contribution in [3.05, 3.63) is 47.9 Å². The van der Waals surface area contributed by atoms with Gasteiger partial charge in [-0.05, 0) is 25.1 Å². The molecule has 1 saturated heterocycles. The lowest BCUT2D eigenvalue weighted by Crippen LogP contribution is -2.50. The van der Waals surface area contributed by atoms with Crippen LogP contribution in [0.2, 0.25) is 0 Å². The zero-order valence-corrected chi connectivity index (χ0v) is 13.6. The number of amides is 2. The Morgan fingerprint density at radius 2 is 1.80 bits per heavy atom. The van der Waals surface area contributed by atoms with Gasteiger partial charge in [0, 0.05) is 38.1 Å². The van der Waals surface area contributed by atoms with Gasteiger partial charge in [-0.2, -0.15) is 4.98 Å². The summed E-state index contributed by atoms with van der Waals surface area (Å²) in [6, 6.07) is 5.11. The molecule has 25 heavy (non-hydrogen) atoms. The van der Waals surface area contributed by atoms with Gasteiger partial charge in [0.15, 0.2) is 5.76 Å². The first-order chi connectivity index (χ1) is 12.1. The average molecular weight is 340 g/mol. The number of aryl methyl sites for hydroxylation is 1. The molecular weight excluding hydrogens is 324 g/mol. The molecule has 0 saturated carbocycles. The van der Waals surface area contributed by atoms with E-state index in [1.165, 1.54) is 6.26 Å². The first kappa shape index (κ1) is 15.3. The van der Waals surface area contributed by atoms with Crippen molar-refractivity contribution in [1.82, 2.24) is 29.4 Å². The van der Waals surface area contributed by atoms with Crippen molar-refractivity contribution in [2.75, 3.05) is 26.2 Å². The highest BCUT2D eigenvalue weighted by molar-refractivity contribution is 5.93. The highest BCUT2D eigenvalue weighted by Crippen LogP contribution is 2.11. The number of aromatic nitrogens is 4. The van der Waals surface area contributed by atoms with E-state index < -0.39 is 0 Å². The van der Waals surface area contributed by atoms with Crippen molar-refractivity contribution in [2.45, 2.75) is 6.92 Å². The normalized spacial score (nSPS) is 14.9. The van der Waals surface area contributed by atoms with Gasteiger partial charge in [-0.15, -0.1) is 5.10 Å². The quantitative estimate of drug-likeness (QED) is 0.678. The third-order valence-corrected chi connectivity index (χ3v) is 4.21. The molecular formula is C16H16N6O3. The van der Waals surface area contributed by atoms with Crippen molar-refractivity contribution in [3.63, 3.8) is 0 Å². The van der Waals surface area contributed by atoms with E-state index in [1.54, 1.807) is 38.7 Å². The molecule has 0 N–H and O–H groups in total. The molecule has 3 aromatic heterocycles. The van der Waals surface area contributed by atoms with Gasteiger partial charge in [0.2, 0.25) is 5.82 Å². The fourth-order valence-corrected chi connectivity index (χ4v) is 2.81. The molecule has 9 nitrogen and oxygen atoms in total. The SMILES string of the molecule is Cc1ccnc2nc(C(=O)N3CCN(C(=O)c4ccco4)CC3)nn12. The number of furan rings is 1. The predicted molar refractivity (Wildman–Crippen MR) is 86.0 cm³/mol. The van der Waals surface area contributed by atoms with Gasteiger partial charge in [-0.25, -0.2) is 9.50 Å². The largest absolute Gasteiger partial charge is 0.459 e. The van der Waals surface area contributed by atoms with E-state index in [1.807, 2.05) is 6.92 Å². The minimum absolute atomic E-state index is 0.118. The van der Waals surface area contributed by atoms with Crippen LogP contribution in [-0.4, -0.2) is 67.4 Å². The second-order valence-electron chi connectivity index (χ2n) is 5.80. The molecule has 0 radical (unpaired) electrons. The smallest absolute Gasteiger partial charge is 0.293 e. The lowest BCUT2D eigenvalue weighted by molar-refractivity contribution is 0.0512. The van der Waals surface area contributed by atoms with Gasteiger partial charge in [0.25, 0.3) is 17.6 Å². The second-order valence-corrected chi connectivity index (χ2v) is 5.80. The Balaban J connectivity index is 1.45. The van der Waals surface area contributed by atoms with E-state index in [0.29, 0.717) is 37.7 Å². The summed E-state index contributed by atoms with van der Waals surface area (Å²) in [5.41, 5.74) is 0.852. The topological polar surface area (TPSA) is 96.8 Å². The third kappa shape index (κ3) is 2.73. The average Bonchev–Trinajstić information content (AvgIpc) is 3.31. The summed E-state index contributed by atoms with van der Waals surface area (Å²) in [5.74, 6) is 0.406. The number of nitrogens with zero attached hydrogens (tertiary/aromatic N) is 6. The highest BCUT2D eigenvalue weighted by atomic mass is 16.3. The van der Waals surface area contributed by atoms with Crippen LogP contribution in [0.5, 0.6) is 0 Å². The molecule has 128 valence electrons. The molecule has 0 aromatic carbocycles. The number of hydrogen-bond donors (Lipinski definition) is 0. The van der Waals surface area contributed by atoms with Crippen molar-refractivity contribution in [1.29, 1.82) is 0 Å². The molecule has 0 aliphatic carbocycles. The van der Waals surface area contributed by atoms with Gasteiger partial charge < -0.3 is 14.2 Å². The Hall–Kier alpha value is -3.23. The van der Waals surface area contributed by atoms with E-state index in [-0.39, 0.29) is 17.6 Å². The summed E-state index contributed by atoms with van der Waals surface area (Å²) < 4.78 is 6.68. The van der Waals surface area contributed by atoms with E-state index in [0.717, 1.165) is 5.69 Å². The molecule has 0 spiro atoms. The monoisotopic (exact) mass is 340 g/mol. The molecule has 2 amide bonds. The maximum Gasteiger partial charge on any atom is 0.293 e. The predicted octanol–water partition coefficient (Wildman–Crippen LogP) is 0.624. The molecule has 4 heterocycles. The fourth-order valence-electron chi connectivity index (χ4n) is 2.81. The molecule has 0 bridgehead atoms. The van der Waals surface area contributed by atoms with Crippen LogP contribution in [0.3, 0.4) is 0 Å². The molecule has 1 aliphatic heterocycles. The van der Waals surface area contributed by atoms with E-state index in [4.69, 9.17) is 4.42 Å². The number of carbonyl (C=O) groups excluding carboxylic acids is 2. The van der Waals surface area contributed by atoms with E-state index in [2.05, 4.69) is 15.1 Å². The minimum Gasteiger partial charge on any atom is -0.459 e. The summed E-state index contributed by atoms with van der Waals surface area (Å²) in [7, 11) is 0. The maximum absolute atomic E-state index is 12.6. The zero-order chi connectivity index (χ0) is 17.4. The summed E-state index contributed by atoms with van der Waals surface area (Å²) >= 11 is 0. The van der Waals surface area contributed by atoms with Gasteiger partial charge >= 0.3 is 0 Å². The Morgan fingerprint density at radius 3 is 2.44 bits per heavy atom. The second kappa shape index (κ2) is 6.00. The molecule has 3 aromatic rings.